The Hall–Kier alpha value is -2.92. The van der Waals surface area contributed by atoms with Gasteiger partial charge in [-0.15, -0.1) is 0 Å². The molecular formula is C23H24N4S. The van der Waals surface area contributed by atoms with Gasteiger partial charge in [-0.1, -0.05) is 54.6 Å². The summed E-state index contributed by atoms with van der Waals surface area (Å²) < 4.78 is 0. The van der Waals surface area contributed by atoms with Crippen molar-refractivity contribution in [3.8, 4) is 0 Å². The number of hydrogen-bond acceptors (Lipinski definition) is 3. The van der Waals surface area contributed by atoms with Gasteiger partial charge in [-0.25, -0.2) is 4.98 Å². The third-order valence-electron chi connectivity index (χ3n) is 5.11. The molecule has 2 heterocycles. The van der Waals surface area contributed by atoms with Crippen LogP contribution in [0.25, 0.3) is 0 Å². The molecule has 1 aromatic heterocycles. The number of benzene rings is 2. The lowest BCUT2D eigenvalue weighted by Gasteiger charge is -2.29. The van der Waals surface area contributed by atoms with Crippen LogP contribution in [-0.4, -0.2) is 16.6 Å². The number of rotatable bonds is 4. The monoisotopic (exact) mass is 388 g/mol. The standard InChI is InChI=1S/C23H24N4S/c1-17(18-7-3-2-4-8-18)25-23(28)26-21-11-12-22(24-15-21)27-14-13-19-9-5-6-10-20(19)16-27/h2-12,15,17H,13-14,16H2,1H3,(H2,25,26,28). The summed E-state index contributed by atoms with van der Waals surface area (Å²) in [4.78, 5) is 6.96. The number of nitrogens with zero attached hydrogens (tertiary/aromatic N) is 2. The topological polar surface area (TPSA) is 40.2 Å². The van der Waals surface area contributed by atoms with Gasteiger partial charge in [0.15, 0.2) is 5.11 Å². The molecule has 0 amide bonds. The number of hydrogen-bond donors (Lipinski definition) is 2. The molecule has 142 valence electrons. The van der Waals surface area contributed by atoms with E-state index in [9.17, 15) is 0 Å². The summed E-state index contributed by atoms with van der Waals surface area (Å²) in [6.07, 6.45) is 2.90. The number of nitrogens with one attached hydrogen (secondary N) is 2. The van der Waals surface area contributed by atoms with Crippen LogP contribution in [0.5, 0.6) is 0 Å². The zero-order valence-corrected chi connectivity index (χ0v) is 16.7. The van der Waals surface area contributed by atoms with Crippen molar-refractivity contribution in [2.45, 2.75) is 25.9 Å². The van der Waals surface area contributed by atoms with Crippen molar-refractivity contribution in [2.75, 3.05) is 16.8 Å². The average Bonchev–Trinajstić information content (AvgIpc) is 2.74. The van der Waals surface area contributed by atoms with Crippen LogP contribution < -0.4 is 15.5 Å². The number of fused-ring (bicyclic) bond motifs is 1. The van der Waals surface area contributed by atoms with Crippen molar-refractivity contribution in [1.29, 1.82) is 0 Å². The SMILES string of the molecule is CC(NC(=S)Nc1ccc(N2CCc3ccccc3C2)nc1)c1ccccc1. The van der Waals surface area contributed by atoms with Gasteiger partial charge in [-0.2, -0.15) is 0 Å². The molecule has 1 aliphatic rings. The summed E-state index contributed by atoms with van der Waals surface area (Å²) in [5, 5.41) is 7.14. The number of anilines is 2. The van der Waals surface area contributed by atoms with Crippen LogP contribution in [0.2, 0.25) is 0 Å². The average molecular weight is 389 g/mol. The largest absolute Gasteiger partial charge is 0.356 e. The molecule has 4 rings (SSSR count). The van der Waals surface area contributed by atoms with Gasteiger partial charge < -0.3 is 15.5 Å². The smallest absolute Gasteiger partial charge is 0.171 e. The Morgan fingerprint density at radius 3 is 2.50 bits per heavy atom. The summed E-state index contributed by atoms with van der Waals surface area (Å²) in [5.41, 5.74) is 4.92. The maximum Gasteiger partial charge on any atom is 0.171 e. The van der Waals surface area contributed by atoms with Crippen LogP contribution in [-0.2, 0) is 13.0 Å². The zero-order chi connectivity index (χ0) is 19.3. The molecule has 2 aromatic carbocycles. The van der Waals surface area contributed by atoms with E-state index in [1.165, 1.54) is 16.7 Å². The maximum absolute atomic E-state index is 5.45. The minimum absolute atomic E-state index is 0.141. The molecule has 0 fully saturated rings. The molecule has 4 nitrogen and oxygen atoms in total. The molecule has 3 aromatic rings. The first-order valence-corrected chi connectivity index (χ1v) is 10.00. The molecule has 0 radical (unpaired) electrons. The molecule has 0 spiro atoms. The van der Waals surface area contributed by atoms with Crippen molar-refractivity contribution in [1.82, 2.24) is 10.3 Å². The van der Waals surface area contributed by atoms with E-state index in [0.717, 1.165) is 31.0 Å². The second kappa shape index (κ2) is 8.40. The molecule has 1 aliphatic heterocycles. The molecule has 0 saturated heterocycles. The predicted molar refractivity (Wildman–Crippen MR) is 120 cm³/mol. The number of pyridine rings is 1. The fraction of sp³-hybridized carbons (Fsp3) is 0.217. The summed E-state index contributed by atoms with van der Waals surface area (Å²) >= 11 is 5.45. The van der Waals surface area contributed by atoms with Crippen molar-refractivity contribution in [3.63, 3.8) is 0 Å². The van der Waals surface area contributed by atoms with Gasteiger partial charge in [-0.3, -0.25) is 0 Å². The van der Waals surface area contributed by atoms with Gasteiger partial charge in [-0.05, 0) is 54.4 Å². The van der Waals surface area contributed by atoms with E-state index in [1.807, 2.05) is 30.5 Å². The van der Waals surface area contributed by atoms with E-state index >= 15 is 0 Å². The summed E-state index contributed by atoms with van der Waals surface area (Å²) in [6, 6.07) is 23.1. The van der Waals surface area contributed by atoms with Gasteiger partial charge >= 0.3 is 0 Å². The molecular weight excluding hydrogens is 364 g/mol. The Balaban J connectivity index is 1.35. The molecule has 1 unspecified atom stereocenters. The second-order valence-corrected chi connectivity index (χ2v) is 7.48. The Morgan fingerprint density at radius 1 is 1.00 bits per heavy atom. The third-order valence-corrected chi connectivity index (χ3v) is 5.33. The van der Waals surface area contributed by atoms with E-state index in [1.54, 1.807) is 0 Å². The van der Waals surface area contributed by atoms with Gasteiger partial charge in [0.2, 0.25) is 0 Å². The molecule has 1 atom stereocenters. The quantitative estimate of drug-likeness (QED) is 0.635. The predicted octanol–water partition coefficient (Wildman–Crippen LogP) is 4.69. The lowest BCUT2D eigenvalue weighted by molar-refractivity contribution is 0.720. The van der Waals surface area contributed by atoms with E-state index in [4.69, 9.17) is 12.2 Å². The molecule has 28 heavy (non-hydrogen) atoms. The van der Waals surface area contributed by atoms with Crippen molar-refractivity contribution in [2.24, 2.45) is 0 Å². The van der Waals surface area contributed by atoms with E-state index in [2.05, 4.69) is 69.9 Å². The van der Waals surface area contributed by atoms with E-state index < -0.39 is 0 Å². The van der Waals surface area contributed by atoms with Crippen LogP contribution in [0, 0.1) is 0 Å². The first kappa shape index (κ1) is 18.4. The van der Waals surface area contributed by atoms with E-state index in [-0.39, 0.29) is 6.04 Å². The lowest BCUT2D eigenvalue weighted by Crippen LogP contribution is -2.31. The van der Waals surface area contributed by atoms with Gasteiger partial charge in [0.25, 0.3) is 0 Å². The highest BCUT2D eigenvalue weighted by Crippen LogP contribution is 2.23. The molecule has 2 N–H and O–H groups in total. The highest BCUT2D eigenvalue weighted by atomic mass is 32.1. The Labute approximate surface area is 171 Å². The van der Waals surface area contributed by atoms with Gasteiger partial charge in [0.1, 0.15) is 5.82 Å². The van der Waals surface area contributed by atoms with E-state index in [0.29, 0.717) is 5.11 Å². The fourth-order valence-electron chi connectivity index (χ4n) is 3.53. The van der Waals surface area contributed by atoms with Crippen molar-refractivity contribution in [3.05, 3.63) is 89.6 Å². The van der Waals surface area contributed by atoms with Crippen LogP contribution in [0.1, 0.15) is 29.7 Å². The Morgan fingerprint density at radius 2 is 1.75 bits per heavy atom. The zero-order valence-electron chi connectivity index (χ0n) is 15.9. The van der Waals surface area contributed by atoms with Gasteiger partial charge in [0, 0.05) is 13.1 Å². The minimum atomic E-state index is 0.141. The minimum Gasteiger partial charge on any atom is -0.356 e. The van der Waals surface area contributed by atoms with Crippen LogP contribution in [0.15, 0.2) is 72.9 Å². The van der Waals surface area contributed by atoms with Crippen molar-refractivity contribution >= 4 is 28.8 Å². The molecule has 0 bridgehead atoms. The third kappa shape index (κ3) is 4.31. The highest BCUT2D eigenvalue weighted by Gasteiger charge is 2.17. The number of aromatic nitrogens is 1. The Kier molecular flexibility index (Phi) is 5.53. The Bertz CT molecular complexity index is 940. The van der Waals surface area contributed by atoms with Crippen LogP contribution >= 0.6 is 12.2 Å². The van der Waals surface area contributed by atoms with Crippen molar-refractivity contribution < 1.29 is 0 Å². The normalized spacial score (nSPS) is 14.1. The summed E-state index contributed by atoms with van der Waals surface area (Å²) in [5.74, 6) is 0.997. The maximum atomic E-state index is 5.45. The fourth-order valence-corrected chi connectivity index (χ4v) is 3.82. The molecule has 0 aliphatic carbocycles. The van der Waals surface area contributed by atoms with Crippen LogP contribution in [0.3, 0.4) is 0 Å². The lowest BCUT2D eigenvalue weighted by atomic mass is 10.00. The summed E-state index contributed by atoms with van der Waals surface area (Å²) in [6.45, 7) is 3.99. The van der Waals surface area contributed by atoms with Gasteiger partial charge in [0.05, 0.1) is 17.9 Å². The first-order valence-electron chi connectivity index (χ1n) is 9.59. The highest BCUT2D eigenvalue weighted by molar-refractivity contribution is 7.80. The molecule has 5 heteroatoms. The second-order valence-electron chi connectivity index (χ2n) is 7.08. The summed E-state index contributed by atoms with van der Waals surface area (Å²) in [7, 11) is 0. The first-order chi connectivity index (χ1) is 13.7. The van der Waals surface area contributed by atoms with Crippen LogP contribution in [0.4, 0.5) is 11.5 Å². The molecule has 0 saturated carbocycles. The number of thiocarbonyl (C=S) groups is 1.